The van der Waals surface area contributed by atoms with Crippen molar-refractivity contribution in [2.45, 2.75) is 6.92 Å². The van der Waals surface area contributed by atoms with Crippen LogP contribution in [0.25, 0.3) is 22.0 Å². The van der Waals surface area contributed by atoms with Crippen LogP contribution in [0.15, 0.2) is 41.1 Å². The average Bonchev–Trinajstić information content (AvgIpc) is 3.21. The molecule has 5 nitrogen and oxygen atoms in total. The van der Waals surface area contributed by atoms with Gasteiger partial charge in [0.15, 0.2) is 0 Å². The molecule has 142 valence electrons. The van der Waals surface area contributed by atoms with Crippen molar-refractivity contribution >= 4 is 27.9 Å². The number of ether oxygens (including phenoxy) is 1. The number of fused-ring (bicyclic) bond motifs is 1. The zero-order valence-electron chi connectivity index (χ0n) is 15.6. The third-order valence-corrected chi connectivity index (χ3v) is 5.84. The number of benzene rings is 1. The van der Waals surface area contributed by atoms with E-state index in [0.29, 0.717) is 6.61 Å². The molecule has 0 atom stereocenters. The smallest absolute Gasteiger partial charge is 0.138 e. The van der Waals surface area contributed by atoms with Crippen molar-refractivity contribution in [2.75, 3.05) is 50.8 Å². The van der Waals surface area contributed by atoms with Gasteiger partial charge in [-0.25, -0.2) is 4.98 Å². The van der Waals surface area contributed by atoms with Gasteiger partial charge in [-0.05, 0) is 47.6 Å². The number of hydrogen-bond donors (Lipinski definition) is 1. The zero-order valence-corrected chi connectivity index (χ0v) is 16.4. The van der Waals surface area contributed by atoms with E-state index in [4.69, 9.17) is 14.8 Å². The van der Waals surface area contributed by atoms with Crippen LogP contribution in [-0.2, 0) is 0 Å². The molecule has 3 heterocycles. The van der Waals surface area contributed by atoms with E-state index < -0.39 is 0 Å². The molecular formula is C21H25N3O2S. The monoisotopic (exact) mass is 383 g/mol. The van der Waals surface area contributed by atoms with E-state index in [1.807, 2.05) is 24.3 Å². The molecule has 1 aliphatic rings. The number of piperazine rings is 1. The van der Waals surface area contributed by atoms with E-state index in [2.05, 4.69) is 33.6 Å². The van der Waals surface area contributed by atoms with Crippen LogP contribution in [0.2, 0.25) is 0 Å². The molecule has 4 rings (SSSR count). The molecule has 1 saturated heterocycles. The Hall–Kier alpha value is -2.15. The highest BCUT2D eigenvalue weighted by Crippen LogP contribution is 2.33. The van der Waals surface area contributed by atoms with Crippen LogP contribution in [0.3, 0.4) is 0 Å². The highest BCUT2D eigenvalue weighted by Gasteiger charge is 2.20. The molecule has 0 spiro atoms. The number of aromatic nitrogens is 1. The Bertz CT molecular complexity index is 886. The number of nitrogens with zero attached hydrogens (tertiary/aromatic N) is 3. The number of rotatable bonds is 6. The maximum Gasteiger partial charge on any atom is 0.138 e. The summed E-state index contributed by atoms with van der Waals surface area (Å²) in [6, 6.07) is 10.1. The largest absolute Gasteiger partial charge is 0.491 e. The Balaban J connectivity index is 1.64. The molecule has 0 unspecified atom stereocenters. The van der Waals surface area contributed by atoms with Crippen LogP contribution in [-0.4, -0.2) is 60.9 Å². The second-order valence-corrected chi connectivity index (χ2v) is 7.47. The molecule has 0 bridgehead atoms. The van der Waals surface area contributed by atoms with E-state index in [1.165, 1.54) is 10.8 Å². The van der Waals surface area contributed by atoms with Crippen molar-refractivity contribution < 1.29 is 9.84 Å². The Labute approximate surface area is 163 Å². The molecule has 0 radical (unpaired) electrons. The molecule has 1 fully saturated rings. The molecule has 0 aliphatic carbocycles. The summed E-state index contributed by atoms with van der Waals surface area (Å²) in [5.74, 6) is 1.86. The molecule has 1 aliphatic heterocycles. The van der Waals surface area contributed by atoms with E-state index in [9.17, 15) is 0 Å². The summed E-state index contributed by atoms with van der Waals surface area (Å²) in [5.41, 5.74) is 2.07. The van der Waals surface area contributed by atoms with E-state index >= 15 is 0 Å². The maximum atomic E-state index is 8.89. The predicted octanol–water partition coefficient (Wildman–Crippen LogP) is 3.48. The normalized spacial score (nSPS) is 15.4. The first-order valence-electron chi connectivity index (χ1n) is 9.47. The van der Waals surface area contributed by atoms with Crippen molar-refractivity contribution in [1.82, 2.24) is 9.88 Å². The van der Waals surface area contributed by atoms with Gasteiger partial charge in [0.25, 0.3) is 0 Å². The first-order valence-corrected chi connectivity index (χ1v) is 10.4. The Morgan fingerprint density at radius 2 is 1.89 bits per heavy atom. The molecule has 1 N–H and O–H groups in total. The Kier molecular flexibility index (Phi) is 5.57. The second-order valence-electron chi connectivity index (χ2n) is 6.72. The number of pyridine rings is 1. The van der Waals surface area contributed by atoms with E-state index in [-0.39, 0.29) is 6.61 Å². The summed E-state index contributed by atoms with van der Waals surface area (Å²) in [6.07, 6.45) is 0. The number of thiophene rings is 1. The van der Waals surface area contributed by atoms with Crippen LogP contribution in [0.1, 0.15) is 6.92 Å². The lowest BCUT2D eigenvalue weighted by Crippen LogP contribution is -2.46. The van der Waals surface area contributed by atoms with Crippen molar-refractivity contribution in [3.05, 3.63) is 41.1 Å². The van der Waals surface area contributed by atoms with Crippen molar-refractivity contribution in [3.63, 3.8) is 0 Å². The number of aliphatic hydroxyl groups is 1. The fraction of sp³-hybridized carbons (Fsp3) is 0.381. The number of anilines is 1. The predicted molar refractivity (Wildman–Crippen MR) is 112 cm³/mol. The van der Waals surface area contributed by atoms with Crippen LogP contribution >= 0.6 is 11.3 Å². The summed E-state index contributed by atoms with van der Waals surface area (Å²) >= 11 is 1.73. The fourth-order valence-corrected chi connectivity index (χ4v) is 4.29. The van der Waals surface area contributed by atoms with Gasteiger partial charge in [0.05, 0.1) is 12.3 Å². The fourth-order valence-electron chi connectivity index (χ4n) is 3.50. The summed E-state index contributed by atoms with van der Waals surface area (Å²) in [6.45, 7) is 7.88. The molecule has 6 heteroatoms. The van der Waals surface area contributed by atoms with E-state index in [0.717, 1.165) is 55.5 Å². The molecule has 27 heavy (non-hydrogen) atoms. The molecule has 2 aromatic heterocycles. The molecule has 0 saturated carbocycles. The van der Waals surface area contributed by atoms with Gasteiger partial charge in [-0.3, -0.25) is 0 Å². The van der Waals surface area contributed by atoms with Crippen LogP contribution in [0, 0.1) is 0 Å². The lowest BCUT2D eigenvalue weighted by Gasteiger charge is -2.35. The maximum absolute atomic E-state index is 8.89. The van der Waals surface area contributed by atoms with Gasteiger partial charge in [-0.1, -0.05) is 6.92 Å². The Morgan fingerprint density at radius 1 is 1.11 bits per heavy atom. The van der Waals surface area contributed by atoms with Gasteiger partial charge in [0.2, 0.25) is 0 Å². The van der Waals surface area contributed by atoms with Crippen LogP contribution in [0.4, 0.5) is 5.82 Å². The molecule has 1 aromatic carbocycles. The number of likely N-dealkylation sites (N-methyl/N-ethyl adjacent to an activating group) is 1. The van der Waals surface area contributed by atoms with Crippen LogP contribution in [0.5, 0.6) is 5.75 Å². The third-order valence-electron chi connectivity index (χ3n) is 5.08. The summed E-state index contributed by atoms with van der Waals surface area (Å²) in [7, 11) is 0. The van der Waals surface area contributed by atoms with Gasteiger partial charge < -0.3 is 19.6 Å². The topological polar surface area (TPSA) is 48.8 Å². The van der Waals surface area contributed by atoms with Crippen molar-refractivity contribution in [2.24, 2.45) is 0 Å². The van der Waals surface area contributed by atoms with Crippen molar-refractivity contribution in [1.29, 1.82) is 0 Å². The summed E-state index contributed by atoms with van der Waals surface area (Å²) < 4.78 is 5.46. The second kappa shape index (κ2) is 8.25. The standard InChI is InChI=1S/C21H25N3O2S/c1-2-23-7-9-24(10-8-23)21-19-15-27-14-17(19)13-20(22-21)16-3-5-18(6-4-16)26-12-11-25/h3-6,13-15,25H,2,7-12H2,1H3. The minimum absolute atomic E-state index is 0.0206. The molecule has 0 amide bonds. The average molecular weight is 384 g/mol. The van der Waals surface area contributed by atoms with Gasteiger partial charge in [0.1, 0.15) is 18.2 Å². The zero-order chi connectivity index (χ0) is 18.6. The first kappa shape index (κ1) is 18.2. The van der Waals surface area contributed by atoms with Crippen LogP contribution < -0.4 is 9.64 Å². The number of hydrogen-bond acceptors (Lipinski definition) is 6. The summed E-state index contributed by atoms with van der Waals surface area (Å²) in [4.78, 5) is 9.95. The minimum Gasteiger partial charge on any atom is -0.491 e. The lowest BCUT2D eigenvalue weighted by molar-refractivity contribution is 0.201. The van der Waals surface area contributed by atoms with Gasteiger partial charge >= 0.3 is 0 Å². The third kappa shape index (κ3) is 3.93. The number of aliphatic hydroxyl groups excluding tert-OH is 1. The van der Waals surface area contributed by atoms with Crippen molar-refractivity contribution in [3.8, 4) is 17.0 Å². The lowest BCUT2D eigenvalue weighted by atomic mass is 10.1. The summed E-state index contributed by atoms with van der Waals surface area (Å²) in [5, 5.41) is 15.8. The Morgan fingerprint density at radius 3 is 2.59 bits per heavy atom. The highest BCUT2D eigenvalue weighted by atomic mass is 32.1. The molecule has 3 aromatic rings. The van der Waals surface area contributed by atoms with E-state index in [1.54, 1.807) is 11.3 Å². The SMILES string of the molecule is CCN1CCN(c2nc(-c3ccc(OCCO)cc3)cc3cscc23)CC1. The van der Waals surface area contributed by atoms with Gasteiger partial charge in [-0.2, -0.15) is 11.3 Å². The quantitative estimate of drug-likeness (QED) is 0.706. The van der Waals surface area contributed by atoms with Gasteiger partial charge in [0, 0.05) is 42.5 Å². The minimum atomic E-state index is 0.0206. The van der Waals surface area contributed by atoms with Gasteiger partial charge in [-0.15, -0.1) is 0 Å². The highest BCUT2D eigenvalue weighted by molar-refractivity contribution is 7.09. The molecular weight excluding hydrogens is 358 g/mol. The first-order chi connectivity index (χ1) is 13.3.